The average molecular weight is 465 g/mol. The number of hydrogen-bond acceptors (Lipinski definition) is 5. The Morgan fingerprint density at radius 1 is 1.06 bits per heavy atom. The van der Waals surface area contributed by atoms with Gasteiger partial charge in [-0.3, -0.25) is 23.9 Å². The molecule has 0 aliphatic carbocycles. The topological polar surface area (TPSA) is 104 Å². The second-order valence-electron chi connectivity index (χ2n) is 7.82. The monoisotopic (exact) mass is 464 g/mol. The van der Waals surface area contributed by atoms with E-state index in [9.17, 15) is 19.2 Å². The highest BCUT2D eigenvalue weighted by Crippen LogP contribution is 2.41. The van der Waals surface area contributed by atoms with E-state index in [1.54, 1.807) is 11.8 Å². The van der Waals surface area contributed by atoms with Crippen LogP contribution in [-0.2, 0) is 22.7 Å². The number of benzene rings is 2. The molecule has 0 saturated carbocycles. The second kappa shape index (κ2) is 9.91. The molecule has 0 radical (unpaired) electrons. The van der Waals surface area contributed by atoms with Crippen molar-refractivity contribution >= 4 is 23.6 Å². The van der Waals surface area contributed by atoms with Crippen LogP contribution in [0.3, 0.4) is 0 Å². The molecule has 1 unspecified atom stereocenters. The van der Waals surface area contributed by atoms with Gasteiger partial charge in [-0.05, 0) is 18.1 Å². The molecule has 0 bridgehead atoms. The van der Waals surface area contributed by atoms with E-state index in [0.717, 1.165) is 11.1 Å². The molecule has 33 heavy (non-hydrogen) atoms. The lowest BCUT2D eigenvalue weighted by atomic mass is 10.1. The Kier molecular flexibility index (Phi) is 6.79. The standard InChI is InChI=1S/C24H24N4O4S/c1-16-13-27(24(32)26-21(16)30)14-20(29)28-19(15-33-23(28)18-10-6-3-7-11-18)22(31)25-12-17-8-4-2-5-9-17/h2-11,13,19,23H,12,14-15H2,1H3,(H,25,31)(H,26,30,32)/t19-,23?/m0/s1. The quantitative estimate of drug-likeness (QED) is 0.579. The molecule has 2 atom stereocenters. The molecule has 2 heterocycles. The van der Waals surface area contributed by atoms with Crippen LogP contribution in [0.1, 0.15) is 22.1 Å². The lowest BCUT2D eigenvalue weighted by Crippen LogP contribution is -2.49. The van der Waals surface area contributed by atoms with Crippen molar-refractivity contribution in [1.82, 2.24) is 19.8 Å². The van der Waals surface area contributed by atoms with E-state index in [-0.39, 0.29) is 23.7 Å². The molecule has 1 aliphatic heterocycles. The fourth-order valence-electron chi connectivity index (χ4n) is 3.75. The van der Waals surface area contributed by atoms with Crippen molar-refractivity contribution in [2.45, 2.75) is 31.4 Å². The van der Waals surface area contributed by atoms with Gasteiger partial charge in [0.2, 0.25) is 11.8 Å². The zero-order valence-electron chi connectivity index (χ0n) is 18.1. The maximum atomic E-state index is 13.4. The summed E-state index contributed by atoms with van der Waals surface area (Å²) >= 11 is 1.51. The van der Waals surface area contributed by atoms with E-state index in [0.29, 0.717) is 17.9 Å². The molecule has 8 nitrogen and oxygen atoms in total. The van der Waals surface area contributed by atoms with Crippen LogP contribution in [0.25, 0.3) is 0 Å². The highest BCUT2D eigenvalue weighted by Gasteiger charge is 2.42. The molecular formula is C24H24N4O4S. The molecule has 9 heteroatoms. The number of nitrogens with zero attached hydrogens (tertiary/aromatic N) is 2. The van der Waals surface area contributed by atoms with E-state index in [1.165, 1.54) is 22.5 Å². The molecule has 2 amide bonds. The van der Waals surface area contributed by atoms with Crippen LogP contribution in [0, 0.1) is 6.92 Å². The molecule has 170 valence electrons. The van der Waals surface area contributed by atoms with E-state index < -0.39 is 17.3 Å². The van der Waals surface area contributed by atoms with E-state index in [2.05, 4.69) is 10.3 Å². The van der Waals surface area contributed by atoms with Crippen LogP contribution in [0.15, 0.2) is 76.4 Å². The Morgan fingerprint density at radius 2 is 1.73 bits per heavy atom. The summed E-state index contributed by atoms with van der Waals surface area (Å²) in [7, 11) is 0. The van der Waals surface area contributed by atoms with Crippen molar-refractivity contribution in [3.05, 3.63) is 104 Å². The van der Waals surface area contributed by atoms with Crippen molar-refractivity contribution in [3.63, 3.8) is 0 Å². The number of aromatic nitrogens is 2. The Hall–Kier alpha value is -3.59. The fourth-order valence-corrected chi connectivity index (χ4v) is 5.20. The first-order chi connectivity index (χ1) is 15.9. The van der Waals surface area contributed by atoms with Gasteiger partial charge in [0.25, 0.3) is 5.56 Å². The predicted molar refractivity (Wildman–Crippen MR) is 127 cm³/mol. The highest BCUT2D eigenvalue weighted by atomic mass is 32.2. The molecule has 2 N–H and O–H groups in total. The number of hydrogen-bond donors (Lipinski definition) is 2. The summed E-state index contributed by atoms with van der Waals surface area (Å²) in [5, 5.41) is 2.57. The first-order valence-corrected chi connectivity index (χ1v) is 11.6. The summed E-state index contributed by atoms with van der Waals surface area (Å²) in [6.07, 6.45) is 1.37. The minimum atomic E-state index is -0.684. The van der Waals surface area contributed by atoms with Gasteiger partial charge in [-0.1, -0.05) is 60.7 Å². The molecule has 4 rings (SSSR count). The van der Waals surface area contributed by atoms with Gasteiger partial charge in [-0.2, -0.15) is 0 Å². The summed E-state index contributed by atoms with van der Waals surface area (Å²) in [5.74, 6) is -0.184. The highest BCUT2D eigenvalue weighted by molar-refractivity contribution is 7.99. The Balaban J connectivity index is 1.59. The average Bonchev–Trinajstić information content (AvgIpc) is 3.28. The van der Waals surface area contributed by atoms with Gasteiger partial charge in [0.05, 0.1) is 0 Å². The van der Waals surface area contributed by atoms with Crippen molar-refractivity contribution in [3.8, 4) is 0 Å². The molecule has 1 aliphatic rings. The van der Waals surface area contributed by atoms with Crippen LogP contribution in [-0.4, -0.2) is 38.1 Å². The Morgan fingerprint density at radius 3 is 2.42 bits per heavy atom. The first-order valence-electron chi connectivity index (χ1n) is 10.5. The molecule has 1 aromatic heterocycles. The van der Waals surface area contributed by atoms with Crippen LogP contribution < -0.4 is 16.6 Å². The third-order valence-electron chi connectivity index (χ3n) is 5.48. The van der Waals surface area contributed by atoms with E-state index >= 15 is 0 Å². The van der Waals surface area contributed by atoms with Gasteiger partial charge in [0.15, 0.2) is 0 Å². The third kappa shape index (κ3) is 5.09. The summed E-state index contributed by atoms with van der Waals surface area (Å²) in [6.45, 7) is 1.65. The summed E-state index contributed by atoms with van der Waals surface area (Å²) < 4.78 is 1.17. The summed E-state index contributed by atoms with van der Waals surface area (Å²) in [6, 6.07) is 18.4. The maximum absolute atomic E-state index is 13.4. The minimum absolute atomic E-state index is 0.247. The van der Waals surface area contributed by atoms with Crippen molar-refractivity contribution in [2.24, 2.45) is 0 Å². The van der Waals surface area contributed by atoms with Crippen LogP contribution in [0.5, 0.6) is 0 Å². The SMILES string of the molecule is Cc1cn(CC(=O)N2C(c3ccccc3)SC[C@H]2C(=O)NCc2ccccc2)c(=O)[nH]c1=O. The van der Waals surface area contributed by atoms with Gasteiger partial charge in [0, 0.05) is 24.1 Å². The van der Waals surface area contributed by atoms with Crippen molar-refractivity contribution < 1.29 is 9.59 Å². The number of H-pyrrole nitrogens is 1. The lowest BCUT2D eigenvalue weighted by Gasteiger charge is -2.29. The van der Waals surface area contributed by atoms with Gasteiger partial charge < -0.3 is 10.2 Å². The summed E-state index contributed by atoms with van der Waals surface area (Å²) in [5.41, 5.74) is 1.05. The first kappa shape index (κ1) is 22.6. The smallest absolute Gasteiger partial charge is 0.328 e. The molecule has 1 saturated heterocycles. The second-order valence-corrected chi connectivity index (χ2v) is 8.93. The van der Waals surface area contributed by atoms with Crippen LogP contribution in [0.2, 0.25) is 0 Å². The van der Waals surface area contributed by atoms with Gasteiger partial charge in [0.1, 0.15) is 18.0 Å². The Labute approximate surface area is 194 Å². The van der Waals surface area contributed by atoms with Crippen molar-refractivity contribution in [1.29, 1.82) is 0 Å². The third-order valence-corrected chi connectivity index (χ3v) is 6.80. The molecule has 3 aromatic rings. The number of aromatic amines is 1. The normalized spacial score (nSPS) is 17.7. The number of carbonyl (C=O) groups excluding carboxylic acids is 2. The number of nitrogens with one attached hydrogen (secondary N) is 2. The van der Waals surface area contributed by atoms with E-state index in [4.69, 9.17) is 0 Å². The predicted octanol–water partition coefficient (Wildman–Crippen LogP) is 1.80. The van der Waals surface area contributed by atoms with Crippen LogP contribution >= 0.6 is 11.8 Å². The van der Waals surface area contributed by atoms with Gasteiger partial charge >= 0.3 is 5.69 Å². The summed E-state index contributed by atoms with van der Waals surface area (Å²) in [4.78, 5) is 54.2. The van der Waals surface area contributed by atoms with Gasteiger partial charge in [-0.25, -0.2) is 4.79 Å². The van der Waals surface area contributed by atoms with E-state index in [1.807, 2.05) is 60.7 Å². The Bertz CT molecular complexity index is 1260. The number of rotatable bonds is 6. The maximum Gasteiger partial charge on any atom is 0.328 e. The molecular weight excluding hydrogens is 440 g/mol. The largest absolute Gasteiger partial charge is 0.350 e. The lowest BCUT2D eigenvalue weighted by molar-refractivity contribution is -0.140. The number of aryl methyl sites for hydroxylation is 1. The fraction of sp³-hybridized carbons (Fsp3) is 0.250. The number of carbonyl (C=O) groups is 2. The molecule has 1 fully saturated rings. The molecule has 2 aromatic carbocycles. The van der Waals surface area contributed by atoms with Crippen LogP contribution in [0.4, 0.5) is 0 Å². The zero-order valence-corrected chi connectivity index (χ0v) is 18.9. The molecule has 0 spiro atoms. The van der Waals surface area contributed by atoms with Gasteiger partial charge in [-0.15, -0.1) is 11.8 Å². The minimum Gasteiger partial charge on any atom is -0.350 e. The zero-order chi connectivity index (χ0) is 23.4. The van der Waals surface area contributed by atoms with Crippen molar-refractivity contribution in [2.75, 3.05) is 5.75 Å². The number of amides is 2. The number of thioether (sulfide) groups is 1.